The molecule has 92 valence electrons. The predicted molar refractivity (Wildman–Crippen MR) is 72.1 cm³/mol. The molecule has 0 fully saturated rings. The number of pyridine rings is 2. The lowest BCUT2D eigenvalue weighted by molar-refractivity contribution is 0.0939. The van der Waals surface area contributed by atoms with Gasteiger partial charge in [-0.25, -0.2) is 0 Å². The molecule has 0 aromatic carbocycles. The van der Waals surface area contributed by atoms with Gasteiger partial charge in [-0.15, -0.1) is 0 Å². The van der Waals surface area contributed by atoms with Gasteiger partial charge in [-0.2, -0.15) is 0 Å². The number of aromatic nitrogens is 2. The van der Waals surface area contributed by atoms with Crippen LogP contribution in [0.2, 0.25) is 0 Å². The van der Waals surface area contributed by atoms with E-state index in [0.717, 1.165) is 10.0 Å². The fourth-order valence-corrected chi connectivity index (χ4v) is 1.90. The van der Waals surface area contributed by atoms with E-state index in [1.807, 2.05) is 19.1 Å². The zero-order valence-electron chi connectivity index (χ0n) is 9.80. The first kappa shape index (κ1) is 12.7. The summed E-state index contributed by atoms with van der Waals surface area (Å²) in [6.07, 6.45) is 6.62. The van der Waals surface area contributed by atoms with E-state index in [4.69, 9.17) is 0 Å². The third-order valence-electron chi connectivity index (χ3n) is 2.50. The van der Waals surface area contributed by atoms with E-state index in [2.05, 4.69) is 31.2 Å². The number of nitrogens with zero attached hydrogens (tertiary/aromatic N) is 2. The first-order valence-corrected chi connectivity index (χ1v) is 6.27. The van der Waals surface area contributed by atoms with E-state index in [1.165, 1.54) is 6.20 Å². The van der Waals surface area contributed by atoms with E-state index in [-0.39, 0.29) is 11.9 Å². The molecule has 0 saturated carbocycles. The van der Waals surface area contributed by atoms with Crippen LogP contribution in [-0.4, -0.2) is 15.9 Å². The normalized spacial score (nSPS) is 11.9. The number of nitrogens with one attached hydrogen (secondary N) is 1. The van der Waals surface area contributed by atoms with Crippen molar-refractivity contribution < 1.29 is 4.79 Å². The minimum atomic E-state index is -0.153. The molecule has 0 radical (unpaired) electrons. The minimum absolute atomic E-state index is 0.0924. The molecule has 0 unspecified atom stereocenters. The van der Waals surface area contributed by atoms with Crippen molar-refractivity contribution in [2.75, 3.05) is 0 Å². The van der Waals surface area contributed by atoms with Crippen LogP contribution in [0.25, 0.3) is 0 Å². The molecule has 2 rings (SSSR count). The van der Waals surface area contributed by atoms with Crippen LogP contribution < -0.4 is 5.32 Å². The summed E-state index contributed by atoms with van der Waals surface area (Å²) < 4.78 is 0.782. The summed E-state index contributed by atoms with van der Waals surface area (Å²) in [6.45, 7) is 1.92. The SMILES string of the molecule is C[C@H](NC(=O)c1cncc(Br)c1)c1cccnc1. The molecule has 0 bridgehead atoms. The van der Waals surface area contributed by atoms with Crippen LogP contribution in [0.3, 0.4) is 0 Å². The number of hydrogen-bond donors (Lipinski definition) is 1. The molecule has 0 spiro atoms. The molecule has 1 amide bonds. The van der Waals surface area contributed by atoms with Crippen LogP contribution in [0.15, 0.2) is 47.5 Å². The Morgan fingerprint density at radius 1 is 1.33 bits per heavy atom. The molecule has 1 N–H and O–H groups in total. The molecular weight excluding hydrogens is 294 g/mol. The maximum atomic E-state index is 12.0. The summed E-state index contributed by atoms with van der Waals surface area (Å²) in [5.74, 6) is -0.153. The Bertz CT molecular complexity index is 545. The van der Waals surface area contributed by atoms with Crippen molar-refractivity contribution in [1.29, 1.82) is 0 Å². The first-order valence-electron chi connectivity index (χ1n) is 5.48. The van der Waals surface area contributed by atoms with Crippen LogP contribution in [0.4, 0.5) is 0 Å². The Labute approximate surface area is 114 Å². The van der Waals surface area contributed by atoms with Gasteiger partial charge in [0, 0.05) is 29.3 Å². The summed E-state index contributed by atoms with van der Waals surface area (Å²) in [4.78, 5) is 20.0. The van der Waals surface area contributed by atoms with Gasteiger partial charge in [-0.1, -0.05) is 6.07 Å². The summed E-state index contributed by atoms with van der Waals surface area (Å²) in [5.41, 5.74) is 1.49. The molecule has 1 atom stereocenters. The monoisotopic (exact) mass is 305 g/mol. The average molecular weight is 306 g/mol. The topological polar surface area (TPSA) is 54.9 Å². The number of carbonyl (C=O) groups excluding carboxylic acids is 1. The van der Waals surface area contributed by atoms with Gasteiger partial charge < -0.3 is 5.32 Å². The number of amides is 1. The molecule has 2 aromatic rings. The van der Waals surface area contributed by atoms with E-state index < -0.39 is 0 Å². The van der Waals surface area contributed by atoms with Crippen molar-refractivity contribution in [3.8, 4) is 0 Å². The highest BCUT2D eigenvalue weighted by molar-refractivity contribution is 9.10. The zero-order valence-corrected chi connectivity index (χ0v) is 11.4. The molecule has 18 heavy (non-hydrogen) atoms. The highest BCUT2D eigenvalue weighted by Crippen LogP contribution is 2.13. The first-order chi connectivity index (χ1) is 8.66. The molecule has 2 aromatic heterocycles. The average Bonchev–Trinajstić information content (AvgIpc) is 2.39. The highest BCUT2D eigenvalue weighted by Gasteiger charge is 2.11. The zero-order chi connectivity index (χ0) is 13.0. The summed E-state index contributed by atoms with van der Waals surface area (Å²) >= 11 is 3.29. The van der Waals surface area contributed by atoms with Gasteiger partial charge in [-0.3, -0.25) is 14.8 Å². The quantitative estimate of drug-likeness (QED) is 0.948. The maximum absolute atomic E-state index is 12.0. The molecule has 0 aliphatic rings. The van der Waals surface area contributed by atoms with Gasteiger partial charge in [-0.05, 0) is 40.5 Å². The smallest absolute Gasteiger partial charge is 0.253 e. The van der Waals surface area contributed by atoms with Crippen molar-refractivity contribution in [3.05, 3.63) is 58.6 Å². The van der Waals surface area contributed by atoms with Crippen LogP contribution >= 0.6 is 15.9 Å². The van der Waals surface area contributed by atoms with Gasteiger partial charge in [0.1, 0.15) is 0 Å². The lowest BCUT2D eigenvalue weighted by Gasteiger charge is -2.13. The Hall–Kier alpha value is -1.75. The maximum Gasteiger partial charge on any atom is 0.253 e. The third-order valence-corrected chi connectivity index (χ3v) is 2.93. The minimum Gasteiger partial charge on any atom is -0.345 e. The van der Waals surface area contributed by atoms with Crippen LogP contribution in [-0.2, 0) is 0 Å². The van der Waals surface area contributed by atoms with E-state index in [1.54, 1.807) is 24.7 Å². The van der Waals surface area contributed by atoms with Crippen molar-refractivity contribution >= 4 is 21.8 Å². The third kappa shape index (κ3) is 3.13. The second kappa shape index (κ2) is 5.73. The molecule has 0 aliphatic heterocycles. The van der Waals surface area contributed by atoms with Crippen molar-refractivity contribution in [2.24, 2.45) is 0 Å². The van der Waals surface area contributed by atoms with Gasteiger partial charge in [0.05, 0.1) is 11.6 Å². The largest absolute Gasteiger partial charge is 0.345 e. The second-order valence-electron chi connectivity index (χ2n) is 3.87. The standard InChI is InChI=1S/C13H12BrN3O/c1-9(10-3-2-4-15-6-10)17-13(18)11-5-12(14)8-16-7-11/h2-9H,1H3,(H,17,18)/t9-/m0/s1. The second-order valence-corrected chi connectivity index (χ2v) is 4.79. The molecule has 2 heterocycles. The molecule has 0 saturated heterocycles. The lowest BCUT2D eigenvalue weighted by atomic mass is 10.1. The van der Waals surface area contributed by atoms with Crippen LogP contribution in [0, 0.1) is 0 Å². The van der Waals surface area contributed by atoms with Crippen LogP contribution in [0.5, 0.6) is 0 Å². The van der Waals surface area contributed by atoms with Crippen molar-refractivity contribution in [1.82, 2.24) is 15.3 Å². The van der Waals surface area contributed by atoms with Crippen molar-refractivity contribution in [2.45, 2.75) is 13.0 Å². The Balaban J connectivity index is 2.08. The molecular formula is C13H12BrN3O. The summed E-state index contributed by atoms with van der Waals surface area (Å²) in [7, 11) is 0. The summed E-state index contributed by atoms with van der Waals surface area (Å²) in [6, 6.07) is 5.42. The number of halogens is 1. The molecule has 0 aliphatic carbocycles. The Kier molecular flexibility index (Phi) is 4.04. The number of hydrogen-bond acceptors (Lipinski definition) is 3. The lowest BCUT2D eigenvalue weighted by Crippen LogP contribution is -2.26. The van der Waals surface area contributed by atoms with Gasteiger partial charge in [0.15, 0.2) is 0 Å². The van der Waals surface area contributed by atoms with Gasteiger partial charge in [0.25, 0.3) is 5.91 Å². The Morgan fingerprint density at radius 2 is 2.17 bits per heavy atom. The predicted octanol–water partition coefficient (Wildman–Crippen LogP) is 2.73. The van der Waals surface area contributed by atoms with Crippen molar-refractivity contribution in [3.63, 3.8) is 0 Å². The van der Waals surface area contributed by atoms with E-state index in [9.17, 15) is 4.79 Å². The molecule has 4 nitrogen and oxygen atoms in total. The fourth-order valence-electron chi connectivity index (χ4n) is 1.53. The molecule has 5 heteroatoms. The summed E-state index contributed by atoms with van der Waals surface area (Å²) in [5, 5.41) is 2.90. The number of carbonyl (C=O) groups is 1. The van der Waals surface area contributed by atoms with E-state index in [0.29, 0.717) is 5.56 Å². The highest BCUT2D eigenvalue weighted by atomic mass is 79.9. The van der Waals surface area contributed by atoms with Crippen LogP contribution in [0.1, 0.15) is 28.9 Å². The fraction of sp³-hybridized carbons (Fsp3) is 0.154. The Morgan fingerprint density at radius 3 is 2.83 bits per heavy atom. The van der Waals surface area contributed by atoms with E-state index >= 15 is 0 Å². The number of rotatable bonds is 3. The van der Waals surface area contributed by atoms with Gasteiger partial charge >= 0.3 is 0 Å². The van der Waals surface area contributed by atoms with Gasteiger partial charge in [0.2, 0.25) is 0 Å².